The Hall–Kier alpha value is -1.37. The maximum Gasteiger partial charge on any atom is 0.0641 e. The zero-order valence-corrected chi connectivity index (χ0v) is 14.0. The van der Waals surface area contributed by atoms with E-state index in [1.807, 2.05) is 0 Å². The van der Waals surface area contributed by atoms with Gasteiger partial charge in [0.05, 0.1) is 12.5 Å². The molecule has 114 valence electrons. The maximum atomic E-state index is 9.31. The van der Waals surface area contributed by atoms with Gasteiger partial charge in [-0.3, -0.25) is 4.90 Å². The van der Waals surface area contributed by atoms with Gasteiger partial charge in [-0.05, 0) is 68.0 Å². The van der Waals surface area contributed by atoms with Gasteiger partial charge in [0.15, 0.2) is 0 Å². The molecule has 0 aromatic heterocycles. The van der Waals surface area contributed by atoms with Crippen molar-refractivity contribution >= 4 is 0 Å². The third-order valence-electron chi connectivity index (χ3n) is 5.27. The molecule has 1 aliphatic rings. The Morgan fingerprint density at radius 2 is 1.43 bits per heavy atom. The second kappa shape index (κ2) is 6.60. The van der Waals surface area contributed by atoms with Gasteiger partial charge in [-0.25, -0.2) is 0 Å². The van der Waals surface area contributed by atoms with Crippen LogP contribution in [-0.2, 0) is 0 Å². The normalized spacial score (nSPS) is 17.5. The third kappa shape index (κ3) is 2.97. The average molecular weight is 285 g/mol. The molecular formula is C18H27N3. The number of rotatable bonds is 3. The number of piperazine rings is 1. The average Bonchev–Trinajstić information content (AvgIpc) is 2.51. The van der Waals surface area contributed by atoms with Gasteiger partial charge in [-0.15, -0.1) is 0 Å². The fourth-order valence-corrected chi connectivity index (χ4v) is 3.52. The SMILES string of the molecule is Cc1c(C)c(C)c([C@@H](CC#N)N2CCNCC2)c(C)c1C. The lowest BCUT2D eigenvalue weighted by atomic mass is 9.85. The predicted molar refractivity (Wildman–Crippen MR) is 87.5 cm³/mol. The standard InChI is InChI=1S/C18H27N3/c1-12-13(2)15(4)18(16(5)14(12)3)17(6-7-19)21-10-8-20-9-11-21/h17,20H,6,8-11H2,1-5H3/t17-/m1/s1. The molecule has 1 aromatic carbocycles. The number of nitriles is 1. The van der Waals surface area contributed by atoms with E-state index in [4.69, 9.17) is 0 Å². The van der Waals surface area contributed by atoms with Crippen molar-refractivity contribution in [3.05, 3.63) is 33.4 Å². The molecule has 0 aliphatic carbocycles. The number of benzene rings is 1. The summed E-state index contributed by atoms with van der Waals surface area (Å²) in [6.45, 7) is 15.2. The molecule has 0 saturated carbocycles. The minimum atomic E-state index is 0.232. The van der Waals surface area contributed by atoms with Crippen molar-refractivity contribution in [1.29, 1.82) is 5.26 Å². The highest BCUT2D eigenvalue weighted by Gasteiger charge is 2.26. The third-order valence-corrected chi connectivity index (χ3v) is 5.27. The number of hydrogen-bond acceptors (Lipinski definition) is 3. The highest BCUT2D eigenvalue weighted by Crippen LogP contribution is 2.35. The van der Waals surface area contributed by atoms with Gasteiger partial charge in [0.25, 0.3) is 0 Å². The van der Waals surface area contributed by atoms with Crippen LogP contribution in [-0.4, -0.2) is 31.1 Å². The summed E-state index contributed by atoms with van der Waals surface area (Å²) < 4.78 is 0. The Morgan fingerprint density at radius 3 is 1.90 bits per heavy atom. The second-order valence-electron chi connectivity index (χ2n) is 6.20. The van der Waals surface area contributed by atoms with E-state index in [-0.39, 0.29) is 6.04 Å². The fourth-order valence-electron chi connectivity index (χ4n) is 3.52. The second-order valence-corrected chi connectivity index (χ2v) is 6.20. The largest absolute Gasteiger partial charge is 0.314 e. The summed E-state index contributed by atoms with van der Waals surface area (Å²) in [6, 6.07) is 2.64. The molecule has 1 aliphatic heterocycles. The lowest BCUT2D eigenvalue weighted by molar-refractivity contribution is 0.174. The summed E-state index contributed by atoms with van der Waals surface area (Å²) in [5, 5.41) is 12.7. The van der Waals surface area contributed by atoms with Crippen molar-refractivity contribution in [3.8, 4) is 6.07 Å². The quantitative estimate of drug-likeness (QED) is 0.927. The molecule has 21 heavy (non-hydrogen) atoms. The molecule has 1 N–H and O–H groups in total. The van der Waals surface area contributed by atoms with E-state index in [2.05, 4.69) is 50.9 Å². The van der Waals surface area contributed by atoms with Crippen LogP contribution in [0.25, 0.3) is 0 Å². The van der Waals surface area contributed by atoms with Crippen LogP contribution in [0.5, 0.6) is 0 Å². The summed E-state index contributed by atoms with van der Waals surface area (Å²) in [5.74, 6) is 0. The first kappa shape index (κ1) is 16.0. The number of nitrogens with one attached hydrogen (secondary N) is 1. The Morgan fingerprint density at radius 1 is 0.952 bits per heavy atom. The van der Waals surface area contributed by atoms with E-state index in [0.717, 1.165) is 26.2 Å². The van der Waals surface area contributed by atoms with Gasteiger partial charge in [0.1, 0.15) is 0 Å². The van der Waals surface area contributed by atoms with Crippen molar-refractivity contribution in [1.82, 2.24) is 10.2 Å². The van der Waals surface area contributed by atoms with Gasteiger partial charge in [-0.2, -0.15) is 5.26 Å². The lowest BCUT2D eigenvalue weighted by Crippen LogP contribution is -2.45. The molecule has 1 aromatic rings. The molecule has 1 fully saturated rings. The molecule has 0 spiro atoms. The van der Waals surface area contributed by atoms with E-state index in [1.165, 1.54) is 33.4 Å². The van der Waals surface area contributed by atoms with Gasteiger partial charge in [0, 0.05) is 32.2 Å². The predicted octanol–water partition coefficient (Wildman–Crippen LogP) is 3.09. The van der Waals surface area contributed by atoms with Crippen molar-refractivity contribution in [2.45, 2.75) is 47.1 Å². The van der Waals surface area contributed by atoms with E-state index >= 15 is 0 Å². The van der Waals surface area contributed by atoms with E-state index in [9.17, 15) is 5.26 Å². The summed E-state index contributed by atoms with van der Waals surface area (Å²) in [5.41, 5.74) is 8.28. The molecule has 0 radical (unpaired) electrons. The van der Waals surface area contributed by atoms with Crippen LogP contribution >= 0.6 is 0 Å². The Kier molecular flexibility index (Phi) is 5.03. The van der Waals surface area contributed by atoms with Crippen molar-refractivity contribution in [3.63, 3.8) is 0 Å². The lowest BCUT2D eigenvalue weighted by Gasteiger charge is -2.36. The molecule has 3 nitrogen and oxygen atoms in total. The summed E-state index contributed by atoms with van der Waals surface area (Å²) in [7, 11) is 0. The van der Waals surface area contributed by atoms with E-state index < -0.39 is 0 Å². The fraction of sp³-hybridized carbons (Fsp3) is 0.611. The molecule has 1 heterocycles. The monoisotopic (exact) mass is 285 g/mol. The van der Waals surface area contributed by atoms with Gasteiger partial charge >= 0.3 is 0 Å². The topological polar surface area (TPSA) is 39.1 Å². The van der Waals surface area contributed by atoms with Crippen LogP contribution in [0, 0.1) is 45.9 Å². The van der Waals surface area contributed by atoms with Gasteiger partial charge in [-0.1, -0.05) is 0 Å². The zero-order chi connectivity index (χ0) is 15.6. The molecule has 2 rings (SSSR count). The molecule has 0 bridgehead atoms. The first-order chi connectivity index (χ1) is 9.99. The van der Waals surface area contributed by atoms with Gasteiger partial charge in [0.2, 0.25) is 0 Å². The molecular weight excluding hydrogens is 258 g/mol. The highest BCUT2D eigenvalue weighted by molar-refractivity contribution is 5.51. The first-order valence-corrected chi connectivity index (χ1v) is 7.87. The molecule has 1 atom stereocenters. The Labute approximate surface area is 129 Å². The zero-order valence-electron chi connectivity index (χ0n) is 14.0. The summed E-state index contributed by atoms with van der Waals surface area (Å²) in [6.07, 6.45) is 0.573. The number of nitrogens with zero attached hydrogens (tertiary/aromatic N) is 2. The highest BCUT2D eigenvalue weighted by atomic mass is 15.2. The summed E-state index contributed by atoms with van der Waals surface area (Å²) in [4.78, 5) is 2.48. The van der Waals surface area contributed by atoms with Crippen molar-refractivity contribution in [2.75, 3.05) is 26.2 Å². The Balaban J connectivity index is 2.52. The minimum Gasteiger partial charge on any atom is -0.314 e. The van der Waals surface area contributed by atoms with Gasteiger partial charge < -0.3 is 5.32 Å². The summed E-state index contributed by atoms with van der Waals surface area (Å²) >= 11 is 0. The first-order valence-electron chi connectivity index (χ1n) is 7.87. The van der Waals surface area contributed by atoms with Crippen molar-refractivity contribution < 1.29 is 0 Å². The van der Waals surface area contributed by atoms with E-state index in [1.54, 1.807) is 0 Å². The van der Waals surface area contributed by atoms with Crippen molar-refractivity contribution in [2.24, 2.45) is 0 Å². The smallest absolute Gasteiger partial charge is 0.0641 e. The molecule has 1 saturated heterocycles. The van der Waals surface area contributed by atoms with E-state index in [0.29, 0.717) is 6.42 Å². The maximum absolute atomic E-state index is 9.31. The van der Waals surface area contributed by atoms with Crippen LogP contribution in [0.3, 0.4) is 0 Å². The molecule has 0 unspecified atom stereocenters. The minimum absolute atomic E-state index is 0.232. The van der Waals surface area contributed by atoms with Crippen LogP contribution in [0.1, 0.15) is 45.8 Å². The molecule has 0 amide bonds. The van der Waals surface area contributed by atoms with Crippen LogP contribution in [0.15, 0.2) is 0 Å². The Bertz CT molecular complexity index is 534. The molecule has 3 heteroatoms. The van der Waals surface area contributed by atoms with Crippen LogP contribution < -0.4 is 5.32 Å². The number of hydrogen-bond donors (Lipinski definition) is 1. The van der Waals surface area contributed by atoms with Crippen LogP contribution in [0.2, 0.25) is 0 Å². The van der Waals surface area contributed by atoms with Crippen LogP contribution in [0.4, 0.5) is 0 Å².